The van der Waals surface area contributed by atoms with Crippen LogP contribution in [0, 0.1) is 0 Å². The highest BCUT2D eigenvalue weighted by Crippen LogP contribution is 2.39. The second kappa shape index (κ2) is 6.60. The van der Waals surface area contributed by atoms with Crippen LogP contribution in [0.15, 0.2) is 47.6 Å². The van der Waals surface area contributed by atoms with Crippen LogP contribution in [-0.2, 0) is 4.84 Å². The van der Waals surface area contributed by atoms with Crippen molar-refractivity contribution in [1.29, 1.82) is 0 Å². The summed E-state index contributed by atoms with van der Waals surface area (Å²) in [6, 6.07) is 13.7. The molecule has 0 bridgehead atoms. The highest BCUT2D eigenvalue weighted by Gasteiger charge is 2.28. The van der Waals surface area contributed by atoms with Crippen molar-refractivity contribution in [1.82, 2.24) is 0 Å². The third-order valence-corrected chi connectivity index (χ3v) is 3.84. The number of nitrogens with zero attached hydrogens (tertiary/aromatic N) is 1. The Kier molecular flexibility index (Phi) is 4.37. The molecule has 0 amide bonds. The van der Waals surface area contributed by atoms with Crippen molar-refractivity contribution in [2.75, 3.05) is 21.3 Å². The molecule has 0 aliphatic carbocycles. The Morgan fingerprint density at radius 3 is 2.17 bits per heavy atom. The molecule has 0 saturated heterocycles. The maximum atomic E-state index is 5.61. The predicted octanol–water partition coefficient (Wildman–Crippen LogP) is 3.58. The summed E-state index contributed by atoms with van der Waals surface area (Å²) >= 11 is 0. The fourth-order valence-electron chi connectivity index (χ4n) is 2.66. The minimum atomic E-state index is -0.0947. The molecule has 23 heavy (non-hydrogen) atoms. The molecule has 0 fully saturated rings. The third-order valence-electron chi connectivity index (χ3n) is 3.84. The monoisotopic (exact) mass is 313 g/mol. The Labute approximate surface area is 135 Å². The van der Waals surface area contributed by atoms with E-state index in [0.29, 0.717) is 23.7 Å². The maximum Gasteiger partial charge on any atom is 0.158 e. The largest absolute Gasteiger partial charge is 0.496 e. The molecule has 5 heteroatoms. The van der Waals surface area contributed by atoms with Crippen molar-refractivity contribution < 1.29 is 19.0 Å². The van der Waals surface area contributed by atoms with E-state index in [0.717, 1.165) is 16.8 Å². The van der Waals surface area contributed by atoms with E-state index in [-0.39, 0.29) is 6.10 Å². The van der Waals surface area contributed by atoms with Gasteiger partial charge in [-0.2, -0.15) is 0 Å². The smallest absolute Gasteiger partial charge is 0.158 e. The van der Waals surface area contributed by atoms with E-state index in [9.17, 15) is 0 Å². The first kappa shape index (κ1) is 15.2. The first-order valence-corrected chi connectivity index (χ1v) is 7.34. The average Bonchev–Trinajstić information content (AvgIpc) is 3.10. The van der Waals surface area contributed by atoms with E-state index in [1.807, 2.05) is 42.5 Å². The summed E-state index contributed by atoms with van der Waals surface area (Å²) in [7, 11) is 4.83. The highest BCUT2D eigenvalue weighted by atomic mass is 16.6. The summed E-state index contributed by atoms with van der Waals surface area (Å²) in [5.41, 5.74) is 2.70. The molecule has 1 aliphatic rings. The molecule has 0 unspecified atom stereocenters. The van der Waals surface area contributed by atoms with E-state index >= 15 is 0 Å². The van der Waals surface area contributed by atoms with E-state index in [1.165, 1.54) is 0 Å². The van der Waals surface area contributed by atoms with Crippen LogP contribution in [0.2, 0.25) is 0 Å². The summed E-state index contributed by atoms with van der Waals surface area (Å²) in [6.45, 7) is 0. The number of benzene rings is 2. The molecule has 0 N–H and O–H groups in total. The number of oxime groups is 1. The molecular formula is C18H19NO4. The van der Waals surface area contributed by atoms with Crippen molar-refractivity contribution in [3.8, 4) is 17.2 Å². The van der Waals surface area contributed by atoms with Gasteiger partial charge in [0.25, 0.3) is 0 Å². The number of ether oxygens (including phenoxy) is 3. The molecule has 1 heterocycles. The van der Waals surface area contributed by atoms with Crippen LogP contribution < -0.4 is 14.2 Å². The zero-order valence-electron chi connectivity index (χ0n) is 13.4. The van der Waals surface area contributed by atoms with Crippen molar-refractivity contribution in [2.45, 2.75) is 12.5 Å². The Morgan fingerprint density at radius 2 is 1.61 bits per heavy atom. The van der Waals surface area contributed by atoms with Gasteiger partial charge < -0.3 is 19.0 Å². The normalized spacial score (nSPS) is 16.5. The SMILES string of the molecule is COc1cc(OC)c(C2=NO[C@@H](c3ccccc3)C2)c(OC)c1. The summed E-state index contributed by atoms with van der Waals surface area (Å²) in [5.74, 6) is 1.97. The molecule has 0 aromatic heterocycles. The number of methoxy groups -OCH3 is 3. The number of hydrogen-bond acceptors (Lipinski definition) is 5. The number of rotatable bonds is 5. The third kappa shape index (κ3) is 2.95. The van der Waals surface area contributed by atoms with Crippen LogP contribution in [0.1, 0.15) is 23.7 Å². The van der Waals surface area contributed by atoms with Gasteiger partial charge in [0, 0.05) is 18.6 Å². The van der Waals surface area contributed by atoms with Gasteiger partial charge in [0.1, 0.15) is 17.2 Å². The molecule has 3 rings (SSSR count). The summed E-state index contributed by atoms with van der Waals surface area (Å²) in [5, 5.41) is 4.25. The van der Waals surface area contributed by atoms with Crippen molar-refractivity contribution in [3.05, 3.63) is 53.6 Å². The topological polar surface area (TPSA) is 49.3 Å². The zero-order chi connectivity index (χ0) is 16.2. The van der Waals surface area contributed by atoms with Crippen LogP contribution in [0.3, 0.4) is 0 Å². The van der Waals surface area contributed by atoms with Gasteiger partial charge in [-0.3, -0.25) is 0 Å². The van der Waals surface area contributed by atoms with Gasteiger partial charge >= 0.3 is 0 Å². The fourth-order valence-corrected chi connectivity index (χ4v) is 2.66. The molecule has 1 atom stereocenters. The second-order valence-corrected chi connectivity index (χ2v) is 5.15. The molecule has 2 aromatic carbocycles. The van der Waals surface area contributed by atoms with Crippen molar-refractivity contribution in [2.24, 2.45) is 5.16 Å². The lowest BCUT2D eigenvalue weighted by molar-refractivity contribution is 0.0857. The predicted molar refractivity (Wildman–Crippen MR) is 87.5 cm³/mol. The fraction of sp³-hybridized carbons (Fsp3) is 0.278. The first-order valence-electron chi connectivity index (χ1n) is 7.34. The van der Waals surface area contributed by atoms with Crippen LogP contribution in [-0.4, -0.2) is 27.0 Å². The van der Waals surface area contributed by atoms with Gasteiger partial charge in [-0.05, 0) is 5.56 Å². The minimum absolute atomic E-state index is 0.0947. The molecule has 5 nitrogen and oxygen atoms in total. The zero-order valence-corrected chi connectivity index (χ0v) is 13.4. The lowest BCUT2D eigenvalue weighted by atomic mass is 9.99. The van der Waals surface area contributed by atoms with Gasteiger partial charge in [-0.1, -0.05) is 35.5 Å². The van der Waals surface area contributed by atoms with Crippen LogP contribution in [0.5, 0.6) is 17.2 Å². The minimum Gasteiger partial charge on any atom is -0.496 e. The molecule has 0 saturated carbocycles. The molecule has 0 spiro atoms. The van der Waals surface area contributed by atoms with E-state index in [2.05, 4.69) is 5.16 Å². The van der Waals surface area contributed by atoms with E-state index < -0.39 is 0 Å². The molecule has 120 valence electrons. The van der Waals surface area contributed by atoms with Crippen molar-refractivity contribution >= 4 is 5.71 Å². The molecule has 0 radical (unpaired) electrons. The Hall–Kier alpha value is -2.69. The van der Waals surface area contributed by atoms with E-state index in [4.69, 9.17) is 19.0 Å². The Balaban J connectivity index is 1.93. The molecule has 2 aromatic rings. The Bertz CT molecular complexity index is 687. The van der Waals surface area contributed by atoms with Crippen molar-refractivity contribution in [3.63, 3.8) is 0 Å². The van der Waals surface area contributed by atoms with E-state index in [1.54, 1.807) is 21.3 Å². The molecule has 1 aliphatic heterocycles. The lowest BCUT2D eigenvalue weighted by Crippen LogP contribution is -2.06. The quantitative estimate of drug-likeness (QED) is 0.846. The highest BCUT2D eigenvalue weighted by molar-refractivity contribution is 6.06. The summed E-state index contributed by atoms with van der Waals surface area (Å²) < 4.78 is 16.3. The average molecular weight is 313 g/mol. The maximum absolute atomic E-state index is 5.61. The van der Waals surface area contributed by atoms with Crippen LogP contribution in [0.25, 0.3) is 0 Å². The second-order valence-electron chi connectivity index (χ2n) is 5.15. The summed E-state index contributed by atoms with van der Waals surface area (Å²) in [6.07, 6.45) is 0.561. The van der Waals surface area contributed by atoms with Gasteiger partial charge in [0.15, 0.2) is 6.10 Å². The van der Waals surface area contributed by atoms with Gasteiger partial charge in [0.2, 0.25) is 0 Å². The standard InChI is InChI=1S/C18H19NO4/c1-20-13-9-16(21-2)18(17(10-13)22-3)14-11-15(23-19-14)12-7-5-4-6-8-12/h4-10,15H,11H2,1-3H3/t15-/m1/s1. The van der Waals surface area contributed by atoms with Gasteiger partial charge in [-0.15, -0.1) is 0 Å². The molecular weight excluding hydrogens is 294 g/mol. The van der Waals surface area contributed by atoms with Crippen LogP contribution >= 0.6 is 0 Å². The number of hydrogen-bond donors (Lipinski definition) is 0. The summed E-state index contributed by atoms with van der Waals surface area (Å²) in [4.78, 5) is 5.61. The lowest BCUT2D eigenvalue weighted by Gasteiger charge is -2.14. The first-order chi connectivity index (χ1) is 11.3. The van der Waals surface area contributed by atoms with Gasteiger partial charge in [-0.25, -0.2) is 0 Å². The van der Waals surface area contributed by atoms with Crippen LogP contribution in [0.4, 0.5) is 0 Å². The Morgan fingerprint density at radius 1 is 0.957 bits per heavy atom. The van der Waals surface area contributed by atoms with Gasteiger partial charge in [0.05, 0.1) is 32.6 Å².